The molecule has 0 spiro atoms. The summed E-state index contributed by atoms with van der Waals surface area (Å²) in [5, 5.41) is 0. The standard InChI is InChI=1S/C13H28N.H2O/c1-5-9-13-14(10-6-2,11-7-3)12-8-4;/h6H,2,5,7-13H2,1,3-4H3;1H2/q+1;/p-1. The van der Waals surface area contributed by atoms with Gasteiger partial charge in [-0.15, -0.1) is 0 Å². The van der Waals surface area contributed by atoms with Gasteiger partial charge in [-0.1, -0.05) is 33.8 Å². The molecule has 0 fully saturated rings. The largest absolute Gasteiger partial charge is 0.870 e. The van der Waals surface area contributed by atoms with E-state index < -0.39 is 0 Å². The summed E-state index contributed by atoms with van der Waals surface area (Å²) in [6.07, 6.45) is 7.34. The van der Waals surface area contributed by atoms with Gasteiger partial charge in [-0.2, -0.15) is 0 Å². The molecule has 0 aliphatic rings. The molecule has 0 heterocycles. The van der Waals surface area contributed by atoms with Gasteiger partial charge in [0, 0.05) is 0 Å². The first-order valence-corrected chi connectivity index (χ1v) is 6.20. The SMILES string of the molecule is C=CC[N+](CCC)(CCC)CCCC.[OH-]. The summed E-state index contributed by atoms with van der Waals surface area (Å²) in [6, 6.07) is 0. The molecule has 2 heteroatoms. The van der Waals surface area contributed by atoms with E-state index in [0.29, 0.717) is 0 Å². The fourth-order valence-corrected chi connectivity index (χ4v) is 2.33. The van der Waals surface area contributed by atoms with Crippen molar-refractivity contribution in [3.8, 4) is 0 Å². The van der Waals surface area contributed by atoms with Crippen molar-refractivity contribution in [2.45, 2.75) is 46.5 Å². The molecule has 0 aliphatic carbocycles. The number of unbranched alkanes of at least 4 members (excludes halogenated alkanes) is 1. The maximum Gasteiger partial charge on any atom is 0.0971 e. The molecule has 15 heavy (non-hydrogen) atoms. The zero-order chi connectivity index (χ0) is 10.9. The average Bonchev–Trinajstić information content (AvgIpc) is 2.16. The molecular weight excluding hydrogens is 186 g/mol. The van der Waals surface area contributed by atoms with E-state index in [-0.39, 0.29) is 5.48 Å². The first kappa shape index (κ1) is 17.1. The van der Waals surface area contributed by atoms with E-state index in [1.807, 2.05) is 0 Å². The first-order valence-electron chi connectivity index (χ1n) is 6.20. The van der Waals surface area contributed by atoms with Crippen molar-refractivity contribution in [1.82, 2.24) is 0 Å². The summed E-state index contributed by atoms with van der Waals surface area (Å²) >= 11 is 0. The van der Waals surface area contributed by atoms with Gasteiger partial charge < -0.3 is 9.96 Å². The Morgan fingerprint density at radius 2 is 1.47 bits per heavy atom. The summed E-state index contributed by atoms with van der Waals surface area (Å²) in [7, 11) is 0. The number of hydrogen-bond donors (Lipinski definition) is 0. The monoisotopic (exact) mass is 215 g/mol. The summed E-state index contributed by atoms with van der Waals surface area (Å²) in [6.45, 7) is 15.9. The lowest BCUT2D eigenvalue weighted by Crippen LogP contribution is -2.49. The molecule has 92 valence electrons. The fourth-order valence-electron chi connectivity index (χ4n) is 2.33. The van der Waals surface area contributed by atoms with Crippen LogP contribution in [0.1, 0.15) is 46.5 Å². The van der Waals surface area contributed by atoms with Gasteiger partial charge in [-0.3, -0.25) is 0 Å². The Balaban J connectivity index is 0. The number of hydrogen-bond acceptors (Lipinski definition) is 1. The van der Waals surface area contributed by atoms with Crippen molar-refractivity contribution >= 4 is 0 Å². The molecule has 0 aliphatic heterocycles. The molecular formula is C13H29NO. The number of quaternary nitrogens is 1. The first-order chi connectivity index (χ1) is 6.74. The minimum Gasteiger partial charge on any atom is -0.870 e. The van der Waals surface area contributed by atoms with Crippen LogP contribution in [-0.4, -0.2) is 36.1 Å². The van der Waals surface area contributed by atoms with Crippen molar-refractivity contribution in [3.63, 3.8) is 0 Å². The van der Waals surface area contributed by atoms with Gasteiger partial charge in [0.15, 0.2) is 0 Å². The van der Waals surface area contributed by atoms with Gasteiger partial charge >= 0.3 is 0 Å². The summed E-state index contributed by atoms with van der Waals surface area (Å²) < 4.78 is 1.27. The van der Waals surface area contributed by atoms with E-state index in [1.54, 1.807) is 0 Å². The van der Waals surface area contributed by atoms with Crippen LogP contribution in [0.2, 0.25) is 0 Å². The number of nitrogens with zero attached hydrogens (tertiary/aromatic N) is 1. The van der Waals surface area contributed by atoms with Crippen LogP contribution in [0, 0.1) is 0 Å². The van der Waals surface area contributed by atoms with Crippen molar-refractivity contribution in [1.29, 1.82) is 0 Å². The molecule has 0 saturated heterocycles. The summed E-state index contributed by atoms with van der Waals surface area (Å²) in [5.41, 5.74) is 0. The van der Waals surface area contributed by atoms with Crippen LogP contribution in [0.5, 0.6) is 0 Å². The van der Waals surface area contributed by atoms with Crippen LogP contribution in [0.15, 0.2) is 12.7 Å². The Labute approximate surface area is 95.9 Å². The smallest absolute Gasteiger partial charge is 0.0971 e. The fraction of sp³-hybridized carbons (Fsp3) is 0.846. The van der Waals surface area contributed by atoms with Gasteiger partial charge in [0.05, 0.1) is 26.2 Å². The van der Waals surface area contributed by atoms with Gasteiger partial charge in [-0.25, -0.2) is 0 Å². The van der Waals surface area contributed by atoms with Crippen LogP contribution in [-0.2, 0) is 0 Å². The number of rotatable bonds is 9. The highest BCUT2D eigenvalue weighted by Gasteiger charge is 2.22. The van der Waals surface area contributed by atoms with Crippen molar-refractivity contribution in [2.24, 2.45) is 0 Å². The van der Waals surface area contributed by atoms with E-state index in [4.69, 9.17) is 0 Å². The van der Waals surface area contributed by atoms with E-state index >= 15 is 0 Å². The lowest BCUT2D eigenvalue weighted by atomic mass is 10.2. The minimum absolute atomic E-state index is 0. The molecule has 0 aromatic carbocycles. The molecule has 0 radical (unpaired) electrons. The zero-order valence-electron chi connectivity index (χ0n) is 10.8. The van der Waals surface area contributed by atoms with Crippen LogP contribution in [0.3, 0.4) is 0 Å². The molecule has 0 saturated carbocycles. The predicted octanol–water partition coefficient (Wildman–Crippen LogP) is 3.43. The third-order valence-corrected chi connectivity index (χ3v) is 2.90. The minimum atomic E-state index is 0. The topological polar surface area (TPSA) is 30.0 Å². The highest BCUT2D eigenvalue weighted by Crippen LogP contribution is 2.12. The Morgan fingerprint density at radius 1 is 0.933 bits per heavy atom. The predicted molar refractivity (Wildman–Crippen MR) is 67.4 cm³/mol. The third kappa shape index (κ3) is 6.69. The highest BCUT2D eigenvalue weighted by atomic mass is 16.0. The molecule has 0 amide bonds. The second-order valence-corrected chi connectivity index (χ2v) is 4.34. The van der Waals surface area contributed by atoms with Gasteiger partial charge in [-0.05, 0) is 25.3 Å². The maximum absolute atomic E-state index is 3.90. The van der Waals surface area contributed by atoms with E-state index in [2.05, 4.69) is 33.4 Å². The molecule has 2 nitrogen and oxygen atoms in total. The summed E-state index contributed by atoms with van der Waals surface area (Å²) in [4.78, 5) is 0. The van der Waals surface area contributed by atoms with Gasteiger partial charge in [0.1, 0.15) is 0 Å². The van der Waals surface area contributed by atoms with Crippen LogP contribution >= 0.6 is 0 Å². The van der Waals surface area contributed by atoms with E-state index in [0.717, 1.165) is 6.54 Å². The summed E-state index contributed by atoms with van der Waals surface area (Å²) in [5.74, 6) is 0. The normalized spacial score (nSPS) is 10.9. The molecule has 0 atom stereocenters. The molecule has 0 unspecified atom stereocenters. The molecule has 0 aromatic heterocycles. The van der Waals surface area contributed by atoms with Crippen LogP contribution in [0.25, 0.3) is 0 Å². The average molecular weight is 215 g/mol. The third-order valence-electron chi connectivity index (χ3n) is 2.90. The molecule has 0 aromatic rings. The zero-order valence-corrected chi connectivity index (χ0v) is 10.8. The van der Waals surface area contributed by atoms with Crippen molar-refractivity contribution in [3.05, 3.63) is 12.7 Å². The Kier molecular flexibility index (Phi) is 11.6. The second-order valence-electron chi connectivity index (χ2n) is 4.34. The lowest BCUT2D eigenvalue weighted by molar-refractivity contribution is -0.923. The Hall–Kier alpha value is -0.340. The van der Waals surface area contributed by atoms with Crippen molar-refractivity contribution < 1.29 is 9.96 Å². The van der Waals surface area contributed by atoms with Crippen molar-refractivity contribution in [2.75, 3.05) is 26.2 Å². The van der Waals surface area contributed by atoms with E-state index in [1.165, 1.54) is 49.8 Å². The maximum atomic E-state index is 3.90. The molecule has 0 bridgehead atoms. The van der Waals surface area contributed by atoms with Gasteiger partial charge in [0.2, 0.25) is 0 Å². The van der Waals surface area contributed by atoms with E-state index in [9.17, 15) is 0 Å². The molecule has 1 N–H and O–H groups in total. The highest BCUT2D eigenvalue weighted by molar-refractivity contribution is 4.66. The van der Waals surface area contributed by atoms with Crippen LogP contribution < -0.4 is 0 Å². The Morgan fingerprint density at radius 3 is 1.80 bits per heavy atom. The second kappa shape index (κ2) is 10.2. The quantitative estimate of drug-likeness (QED) is 0.428. The van der Waals surface area contributed by atoms with Gasteiger partial charge in [0.25, 0.3) is 0 Å². The Bertz CT molecular complexity index is 139. The molecule has 0 rings (SSSR count). The van der Waals surface area contributed by atoms with Crippen LogP contribution in [0.4, 0.5) is 0 Å². The lowest BCUT2D eigenvalue weighted by Gasteiger charge is -2.37.